The molecule has 1 N–H and O–H groups in total. The molecule has 1 aromatic carbocycles. The van der Waals surface area contributed by atoms with E-state index in [0.717, 1.165) is 57.2 Å². The first kappa shape index (κ1) is 19.1. The van der Waals surface area contributed by atoms with E-state index in [1.807, 2.05) is 0 Å². The largest absolute Gasteiger partial charge is 0.496 e. The Bertz CT molecular complexity index is 781. The van der Waals surface area contributed by atoms with Gasteiger partial charge in [-0.15, -0.1) is 0 Å². The Hall–Kier alpha value is -1.86. The molecule has 0 unspecified atom stereocenters. The first-order chi connectivity index (χ1) is 14.1. The normalized spacial score (nSPS) is 27.3. The monoisotopic (exact) mass is 404 g/mol. The van der Waals surface area contributed by atoms with Gasteiger partial charge in [0.1, 0.15) is 11.6 Å². The molecule has 3 aliphatic heterocycles. The zero-order chi connectivity index (χ0) is 20.0. The number of ether oxygens (including phenoxy) is 3. The smallest absolute Gasteiger partial charge is 0.229 e. The number of nitrogens with one attached hydrogen (secondary N) is 1. The molecule has 1 spiro atoms. The molecular formula is C22H29FN2O4. The van der Waals surface area contributed by atoms with E-state index in [4.69, 9.17) is 14.2 Å². The Morgan fingerprint density at radius 1 is 1.17 bits per heavy atom. The number of halogens is 1. The Morgan fingerprint density at radius 2 is 1.86 bits per heavy atom. The minimum Gasteiger partial charge on any atom is -0.496 e. The molecule has 0 aromatic heterocycles. The molecule has 0 radical (unpaired) electrons. The van der Waals surface area contributed by atoms with Gasteiger partial charge in [0, 0.05) is 30.6 Å². The molecule has 1 saturated carbocycles. The molecule has 3 saturated heterocycles. The van der Waals surface area contributed by atoms with Gasteiger partial charge in [-0.05, 0) is 31.7 Å². The number of benzene rings is 1. The maximum Gasteiger partial charge on any atom is 0.229 e. The van der Waals surface area contributed by atoms with Crippen LogP contribution in [0.5, 0.6) is 5.75 Å². The van der Waals surface area contributed by atoms with Crippen molar-refractivity contribution in [2.45, 2.75) is 50.9 Å². The van der Waals surface area contributed by atoms with E-state index in [2.05, 4.69) is 10.2 Å². The number of rotatable bonds is 4. The van der Waals surface area contributed by atoms with E-state index in [0.29, 0.717) is 30.6 Å². The second-order valence-electron chi connectivity index (χ2n) is 8.75. The molecule has 0 bridgehead atoms. The number of amides is 1. The van der Waals surface area contributed by atoms with E-state index >= 15 is 4.39 Å². The molecule has 5 rings (SSSR count). The molecular weight excluding hydrogens is 375 g/mol. The molecule has 4 fully saturated rings. The third-order valence-corrected chi connectivity index (χ3v) is 7.30. The third-order valence-electron chi connectivity index (χ3n) is 7.30. The van der Waals surface area contributed by atoms with Gasteiger partial charge in [0.05, 0.1) is 37.5 Å². The number of piperidine rings is 1. The highest BCUT2D eigenvalue weighted by molar-refractivity contribution is 5.91. The number of hydrogen-bond acceptors (Lipinski definition) is 5. The number of anilines is 1. The Kier molecular flexibility index (Phi) is 4.90. The lowest BCUT2D eigenvalue weighted by molar-refractivity contribution is -0.146. The fraction of sp³-hybridized carbons (Fsp3) is 0.682. The van der Waals surface area contributed by atoms with E-state index in [-0.39, 0.29) is 29.5 Å². The summed E-state index contributed by atoms with van der Waals surface area (Å²) in [7, 11) is 1.61. The summed E-state index contributed by atoms with van der Waals surface area (Å²) in [5.41, 5.74) is 0.960. The van der Waals surface area contributed by atoms with Gasteiger partial charge in [-0.25, -0.2) is 4.39 Å². The predicted molar refractivity (Wildman–Crippen MR) is 105 cm³/mol. The molecule has 1 aromatic rings. The minimum atomic E-state index is -0.374. The van der Waals surface area contributed by atoms with Gasteiger partial charge in [0.25, 0.3) is 0 Å². The predicted octanol–water partition coefficient (Wildman–Crippen LogP) is 3.15. The summed E-state index contributed by atoms with van der Waals surface area (Å²) in [6.45, 7) is 2.85. The van der Waals surface area contributed by atoms with Crippen molar-refractivity contribution in [2.24, 2.45) is 11.3 Å². The Morgan fingerprint density at radius 3 is 2.48 bits per heavy atom. The van der Waals surface area contributed by atoms with Crippen LogP contribution in [-0.2, 0) is 14.3 Å². The molecule has 3 heterocycles. The van der Waals surface area contributed by atoms with E-state index in [9.17, 15) is 4.79 Å². The van der Waals surface area contributed by atoms with E-state index in [1.165, 1.54) is 0 Å². The van der Waals surface area contributed by atoms with Gasteiger partial charge >= 0.3 is 0 Å². The zero-order valence-corrected chi connectivity index (χ0v) is 16.9. The number of carbonyl (C=O) groups excluding carboxylic acids is 1. The number of nitrogens with zero attached hydrogens (tertiary/aromatic N) is 1. The van der Waals surface area contributed by atoms with Gasteiger partial charge in [0.15, 0.2) is 6.29 Å². The van der Waals surface area contributed by atoms with Crippen LogP contribution in [0.4, 0.5) is 10.1 Å². The number of hydrogen-bond donors (Lipinski definition) is 1. The molecule has 6 nitrogen and oxygen atoms in total. The Balaban J connectivity index is 1.35. The SMILES string of the molecule is COc1cc(N2CCC(C3OCCO3)CC2)c(F)cc1[C@@H]1NC(=O)C12CCCC2. The standard InChI is InChI=1S/C22H29FN2O4/c1-27-18-13-17(25-8-4-14(5-9-25)20-28-10-11-29-20)16(23)12-15(18)19-22(21(26)24-19)6-2-3-7-22/h12-14,19-20H,2-11H2,1H3,(H,24,26)/t19-/m0/s1. The van der Waals surface area contributed by atoms with Crippen LogP contribution in [0.2, 0.25) is 0 Å². The van der Waals surface area contributed by atoms with Crippen LogP contribution in [-0.4, -0.2) is 45.6 Å². The summed E-state index contributed by atoms with van der Waals surface area (Å²) in [5, 5.41) is 3.00. The van der Waals surface area contributed by atoms with Gasteiger partial charge in [-0.3, -0.25) is 4.79 Å². The second kappa shape index (κ2) is 7.43. The van der Waals surface area contributed by atoms with Crippen molar-refractivity contribution in [1.82, 2.24) is 5.32 Å². The van der Waals surface area contributed by atoms with Crippen LogP contribution in [0.15, 0.2) is 12.1 Å². The van der Waals surface area contributed by atoms with Gasteiger partial charge < -0.3 is 24.4 Å². The summed E-state index contributed by atoms with van der Waals surface area (Å²) in [6.07, 6.45) is 5.56. The highest BCUT2D eigenvalue weighted by atomic mass is 19.1. The van der Waals surface area contributed by atoms with E-state index < -0.39 is 0 Å². The molecule has 29 heavy (non-hydrogen) atoms. The molecule has 158 valence electrons. The van der Waals surface area contributed by atoms with Gasteiger partial charge in [-0.1, -0.05) is 12.8 Å². The summed E-state index contributed by atoms with van der Waals surface area (Å²) in [5.74, 6) is 0.875. The van der Waals surface area contributed by atoms with Crippen LogP contribution in [0.1, 0.15) is 50.1 Å². The number of β-lactam (4-membered cyclic amide) rings is 1. The highest BCUT2D eigenvalue weighted by Crippen LogP contribution is 2.55. The van der Waals surface area contributed by atoms with Crippen molar-refractivity contribution in [3.8, 4) is 5.75 Å². The van der Waals surface area contributed by atoms with Gasteiger partial charge in [-0.2, -0.15) is 0 Å². The van der Waals surface area contributed by atoms with Crippen molar-refractivity contribution in [3.05, 3.63) is 23.5 Å². The molecule has 1 amide bonds. The number of carbonyl (C=O) groups is 1. The zero-order valence-electron chi connectivity index (χ0n) is 16.9. The summed E-state index contributed by atoms with van der Waals surface area (Å²) >= 11 is 0. The summed E-state index contributed by atoms with van der Waals surface area (Å²) in [6, 6.07) is 3.23. The van der Waals surface area contributed by atoms with Crippen LogP contribution >= 0.6 is 0 Å². The topological polar surface area (TPSA) is 60.0 Å². The lowest BCUT2D eigenvalue weighted by Gasteiger charge is -2.47. The first-order valence-corrected chi connectivity index (χ1v) is 10.8. The quantitative estimate of drug-likeness (QED) is 0.782. The van der Waals surface area contributed by atoms with Crippen LogP contribution in [0, 0.1) is 17.2 Å². The van der Waals surface area contributed by atoms with E-state index in [1.54, 1.807) is 19.2 Å². The van der Waals surface area contributed by atoms with Crippen molar-refractivity contribution in [3.63, 3.8) is 0 Å². The lowest BCUT2D eigenvalue weighted by atomic mass is 9.68. The third kappa shape index (κ3) is 3.10. The molecule has 1 aliphatic carbocycles. The van der Waals surface area contributed by atoms with Crippen LogP contribution < -0.4 is 15.0 Å². The van der Waals surface area contributed by atoms with Crippen molar-refractivity contribution in [2.75, 3.05) is 38.3 Å². The Labute approximate surface area is 170 Å². The molecule has 7 heteroatoms. The first-order valence-electron chi connectivity index (χ1n) is 10.8. The average molecular weight is 404 g/mol. The fourth-order valence-electron chi connectivity index (χ4n) is 5.63. The van der Waals surface area contributed by atoms with Gasteiger partial charge in [0.2, 0.25) is 5.91 Å². The van der Waals surface area contributed by atoms with Crippen molar-refractivity contribution >= 4 is 11.6 Å². The second-order valence-corrected chi connectivity index (χ2v) is 8.75. The van der Waals surface area contributed by atoms with Crippen molar-refractivity contribution in [1.29, 1.82) is 0 Å². The lowest BCUT2D eigenvalue weighted by Crippen LogP contribution is -2.59. The summed E-state index contributed by atoms with van der Waals surface area (Å²) in [4.78, 5) is 14.4. The summed E-state index contributed by atoms with van der Waals surface area (Å²) < 4.78 is 32.1. The molecule has 4 aliphatic rings. The fourth-order valence-corrected chi connectivity index (χ4v) is 5.63. The average Bonchev–Trinajstić information content (AvgIpc) is 3.45. The van der Waals surface area contributed by atoms with Crippen molar-refractivity contribution < 1.29 is 23.4 Å². The van der Waals surface area contributed by atoms with Crippen LogP contribution in [0.25, 0.3) is 0 Å². The highest BCUT2D eigenvalue weighted by Gasteiger charge is 2.57. The number of methoxy groups -OCH3 is 1. The van der Waals surface area contributed by atoms with Crippen LogP contribution in [0.3, 0.4) is 0 Å². The maximum absolute atomic E-state index is 15.2. The minimum absolute atomic E-state index is 0.102. The maximum atomic E-state index is 15.2. The molecule has 1 atom stereocenters.